The molecule has 2 heterocycles. The van der Waals surface area contributed by atoms with Crippen LogP contribution in [0.1, 0.15) is 50.2 Å². The van der Waals surface area contributed by atoms with Crippen molar-refractivity contribution in [2.75, 3.05) is 13.1 Å². The molecule has 2 aliphatic heterocycles. The fourth-order valence-electron chi connectivity index (χ4n) is 6.15. The predicted octanol–water partition coefficient (Wildman–Crippen LogP) is 2.06. The van der Waals surface area contributed by atoms with Crippen molar-refractivity contribution in [1.82, 2.24) is 4.90 Å². The van der Waals surface area contributed by atoms with Gasteiger partial charge in [0.25, 0.3) is 0 Å². The van der Waals surface area contributed by atoms with Gasteiger partial charge in [-0.3, -0.25) is 4.90 Å². The smallest absolute Gasteiger partial charge is 0.165 e. The summed E-state index contributed by atoms with van der Waals surface area (Å²) in [6, 6.07) is 3.57. The highest BCUT2D eigenvalue weighted by atomic mass is 16.5. The van der Waals surface area contributed by atoms with Gasteiger partial charge in [0.05, 0.1) is 11.0 Å². The van der Waals surface area contributed by atoms with Crippen LogP contribution in [0.5, 0.6) is 11.5 Å². The van der Waals surface area contributed by atoms with Gasteiger partial charge >= 0.3 is 0 Å². The molecule has 1 saturated heterocycles. The maximum Gasteiger partial charge on any atom is 0.165 e. The van der Waals surface area contributed by atoms with Crippen LogP contribution in [0.15, 0.2) is 12.1 Å². The summed E-state index contributed by atoms with van der Waals surface area (Å²) in [4.78, 5) is 2.48. The Balaban J connectivity index is 1.66. The van der Waals surface area contributed by atoms with Crippen LogP contribution in [-0.4, -0.2) is 52.0 Å². The molecule has 26 heavy (non-hydrogen) atoms. The summed E-state index contributed by atoms with van der Waals surface area (Å²) in [5.41, 5.74) is 7.17. The number of aromatic hydroxyl groups is 1. The van der Waals surface area contributed by atoms with Crippen LogP contribution in [0.2, 0.25) is 0 Å². The average molecular weight is 358 g/mol. The maximum absolute atomic E-state index is 12.1. The standard InChI is InChI=1S/C21H30N2O3/c1-12-3-6-16(24)18-17(12)20-9-10-23(11-14-4-5-14)13(2)21(20,25)8-7-15(22)19(20)26-18/h3,6,13-15,19,24-25H,4-5,7-11,22H2,1-2H3/t13-,15-,19+,20+,21-/m1/s1. The van der Waals surface area contributed by atoms with Crippen molar-refractivity contribution in [3.8, 4) is 11.5 Å². The monoisotopic (exact) mass is 358 g/mol. The molecular weight excluding hydrogens is 328 g/mol. The third-order valence-corrected chi connectivity index (χ3v) is 7.76. The van der Waals surface area contributed by atoms with E-state index in [9.17, 15) is 10.2 Å². The van der Waals surface area contributed by atoms with Gasteiger partial charge in [-0.2, -0.15) is 0 Å². The molecule has 4 aliphatic rings. The van der Waals surface area contributed by atoms with Crippen LogP contribution in [0.25, 0.3) is 0 Å². The normalized spacial score (nSPS) is 41.9. The molecule has 2 aliphatic carbocycles. The lowest BCUT2D eigenvalue weighted by Crippen LogP contribution is -2.75. The maximum atomic E-state index is 12.1. The van der Waals surface area contributed by atoms with Crippen LogP contribution in [-0.2, 0) is 5.41 Å². The molecule has 1 aromatic rings. The Morgan fingerprint density at radius 1 is 1.27 bits per heavy atom. The molecule has 0 bridgehead atoms. The Hall–Kier alpha value is -1.30. The van der Waals surface area contributed by atoms with E-state index in [1.807, 2.05) is 6.07 Å². The van der Waals surface area contributed by atoms with Crippen LogP contribution >= 0.6 is 0 Å². The van der Waals surface area contributed by atoms with Gasteiger partial charge in [-0.05, 0) is 70.0 Å². The molecule has 142 valence electrons. The second-order valence-corrected chi connectivity index (χ2v) is 9.11. The number of aliphatic hydroxyl groups is 1. The lowest BCUT2D eigenvalue weighted by molar-refractivity contribution is -0.179. The first kappa shape index (κ1) is 16.8. The van der Waals surface area contributed by atoms with Gasteiger partial charge in [0.1, 0.15) is 6.10 Å². The zero-order chi connectivity index (χ0) is 18.3. The van der Waals surface area contributed by atoms with Crippen LogP contribution < -0.4 is 10.5 Å². The molecule has 0 amide bonds. The Labute approximate surface area is 155 Å². The highest BCUT2D eigenvalue weighted by molar-refractivity contribution is 5.60. The highest BCUT2D eigenvalue weighted by Gasteiger charge is 2.69. The van der Waals surface area contributed by atoms with Gasteiger partial charge in [-0.1, -0.05) is 6.07 Å². The number of aryl methyl sites for hydroxylation is 1. The molecule has 0 radical (unpaired) electrons. The summed E-state index contributed by atoms with van der Waals surface area (Å²) in [7, 11) is 0. The number of nitrogens with two attached hydrogens (primary N) is 1. The number of ether oxygens (including phenoxy) is 1. The first-order chi connectivity index (χ1) is 12.4. The summed E-state index contributed by atoms with van der Waals surface area (Å²) in [5.74, 6) is 1.51. The first-order valence-electron chi connectivity index (χ1n) is 10.1. The van der Waals surface area contributed by atoms with E-state index in [2.05, 4.69) is 18.7 Å². The minimum absolute atomic E-state index is 0.0585. The molecule has 5 heteroatoms. The number of hydrogen-bond donors (Lipinski definition) is 3. The molecule has 3 fully saturated rings. The van der Waals surface area contributed by atoms with E-state index in [0.29, 0.717) is 12.2 Å². The van der Waals surface area contributed by atoms with Gasteiger partial charge in [0.15, 0.2) is 11.5 Å². The lowest BCUT2D eigenvalue weighted by atomic mass is 9.52. The number of rotatable bonds is 2. The molecular formula is C21H30N2O3. The Bertz CT molecular complexity index is 749. The second-order valence-electron chi connectivity index (χ2n) is 9.11. The number of hydrogen-bond acceptors (Lipinski definition) is 5. The molecule has 2 saturated carbocycles. The Morgan fingerprint density at radius 3 is 2.77 bits per heavy atom. The number of likely N-dealkylation sites (tertiary alicyclic amines) is 1. The molecule has 1 aromatic carbocycles. The number of nitrogens with zero attached hydrogens (tertiary/aromatic N) is 1. The fraction of sp³-hybridized carbons (Fsp3) is 0.714. The van der Waals surface area contributed by atoms with E-state index in [1.54, 1.807) is 6.07 Å². The topological polar surface area (TPSA) is 79.0 Å². The summed E-state index contributed by atoms with van der Waals surface area (Å²) in [5, 5.41) is 22.6. The van der Waals surface area contributed by atoms with E-state index in [0.717, 1.165) is 43.0 Å². The molecule has 1 spiro atoms. The van der Waals surface area contributed by atoms with Crippen molar-refractivity contribution in [3.05, 3.63) is 23.3 Å². The Kier molecular flexibility index (Phi) is 3.48. The van der Waals surface area contributed by atoms with E-state index in [4.69, 9.17) is 10.5 Å². The van der Waals surface area contributed by atoms with E-state index < -0.39 is 11.0 Å². The molecule has 0 aromatic heterocycles. The number of piperidine rings is 1. The predicted molar refractivity (Wildman–Crippen MR) is 99.5 cm³/mol. The fourth-order valence-corrected chi connectivity index (χ4v) is 6.15. The summed E-state index contributed by atoms with van der Waals surface area (Å²) < 4.78 is 6.28. The summed E-state index contributed by atoms with van der Waals surface area (Å²) >= 11 is 0. The highest BCUT2D eigenvalue weighted by Crippen LogP contribution is 2.62. The van der Waals surface area contributed by atoms with Crippen molar-refractivity contribution in [2.45, 2.75) is 75.2 Å². The van der Waals surface area contributed by atoms with Gasteiger partial charge in [0, 0.05) is 24.2 Å². The molecule has 0 unspecified atom stereocenters. The largest absolute Gasteiger partial charge is 0.504 e. The lowest BCUT2D eigenvalue weighted by Gasteiger charge is -2.61. The third-order valence-electron chi connectivity index (χ3n) is 7.76. The van der Waals surface area contributed by atoms with Gasteiger partial charge < -0.3 is 20.7 Å². The van der Waals surface area contributed by atoms with Gasteiger partial charge in [0.2, 0.25) is 0 Å². The Morgan fingerprint density at radius 2 is 2.04 bits per heavy atom. The zero-order valence-electron chi connectivity index (χ0n) is 15.7. The third kappa shape index (κ3) is 1.97. The minimum Gasteiger partial charge on any atom is -0.504 e. The molecule has 5 atom stereocenters. The van der Waals surface area contributed by atoms with Gasteiger partial charge in [-0.15, -0.1) is 0 Å². The number of phenolic OH excluding ortho intramolecular Hbond substituents is 1. The van der Waals surface area contributed by atoms with Crippen LogP contribution in [0, 0.1) is 12.8 Å². The number of fused-ring (bicyclic) bond motifs is 1. The van der Waals surface area contributed by atoms with E-state index in [-0.39, 0.29) is 23.9 Å². The SMILES string of the molecule is Cc1ccc(O)c2c1[C@]13CCN(CC4CC4)[C@H](C)[C@]1(O)CC[C@@H](N)[C@@H]3O2. The second kappa shape index (κ2) is 5.37. The van der Waals surface area contributed by atoms with Crippen molar-refractivity contribution >= 4 is 0 Å². The molecule has 5 rings (SSSR count). The van der Waals surface area contributed by atoms with Crippen molar-refractivity contribution < 1.29 is 14.9 Å². The first-order valence-corrected chi connectivity index (χ1v) is 10.1. The van der Waals surface area contributed by atoms with Crippen LogP contribution in [0.3, 0.4) is 0 Å². The summed E-state index contributed by atoms with van der Waals surface area (Å²) in [6.07, 6.45) is 4.63. The van der Waals surface area contributed by atoms with Crippen molar-refractivity contribution in [2.24, 2.45) is 11.7 Å². The molecule has 4 N–H and O–H groups in total. The van der Waals surface area contributed by atoms with Crippen LogP contribution in [0.4, 0.5) is 0 Å². The zero-order valence-corrected chi connectivity index (χ0v) is 15.7. The summed E-state index contributed by atoms with van der Waals surface area (Å²) in [6.45, 7) is 6.26. The van der Waals surface area contributed by atoms with E-state index in [1.165, 1.54) is 12.8 Å². The minimum atomic E-state index is -0.884. The van der Waals surface area contributed by atoms with Gasteiger partial charge in [-0.25, -0.2) is 0 Å². The average Bonchev–Trinajstić information content (AvgIpc) is 3.35. The molecule has 5 nitrogen and oxygen atoms in total. The van der Waals surface area contributed by atoms with E-state index >= 15 is 0 Å². The number of benzene rings is 1. The van der Waals surface area contributed by atoms with Crippen molar-refractivity contribution in [3.63, 3.8) is 0 Å². The number of phenols is 1. The van der Waals surface area contributed by atoms with Crippen molar-refractivity contribution in [1.29, 1.82) is 0 Å². The quantitative estimate of drug-likeness (QED) is 0.754.